The van der Waals surface area contributed by atoms with Crippen LogP contribution in [0.15, 0.2) is 46.9 Å². The summed E-state index contributed by atoms with van der Waals surface area (Å²) in [6.07, 6.45) is 2.18. The first kappa shape index (κ1) is 18.7. The minimum Gasteiger partial charge on any atom is -0.419 e. The predicted octanol–water partition coefficient (Wildman–Crippen LogP) is 6.74. The van der Waals surface area contributed by atoms with Crippen LogP contribution in [0.4, 0.5) is 0 Å². The van der Waals surface area contributed by atoms with Crippen molar-refractivity contribution in [3.05, 3.63) is 69.0 Å². The Kier molecular flexibility index (Phi) is 4.62. The first-order valence-electron chi connectivity index (χ1n) is 9.16. The van der Waals surface area contributed by atoms with Crippen LogP contribution < -0.4 is 0 Å². The topological polar surface area (TPSA) is 56.7 Å². The molecule has 29 heavy (non-hydrogen) atoms. The summed E-state index contributed by atoms with van der Waals surface area (Å²) >= 11 is 18.7. The Bertz CT molecular complexity index is 1210. The van der Waals surface area contributed by atoms with E-state index >= 15 is 0 Å². The Balaban J connectivity index is 1.72. The molecule has 1 fully saturated rings. The zero-order valence-electron chi connectivity index (χ0n) is 15.4. The lowest BCUT2D eigenvalue weighted by atomic mass is 10.1. The normalized spacial score (nSPS) is 13.8. The average molecular weight is 446 g/mol. The predicted molar refractivity (Wildman–Crippen MR) is 114 cm³/mol. The highest BCUT2D eigenvalue weighted by Gasteiger charge is 2.31. The number of benzene rings is 2. The summed E-state index contributed by atoms with van der Waals surface area (Å²) in [6.45, 7) is 1.98. The minimum absolute atomic E-state index is 0.375. The van der Waals surface area contributed by atoms with Gasteiger partial charge in [0.1, 0.15) is 0 Å². The van der Waals surface area contributed by atoms with E-state index in [4.69, 9.17) is 44.3 Å². The van der Waals surface area contributed by atoms with Crippen molar-refractivity contribution in [2.45, 2.75) is 25.7 Å². The van der Waals surface area contributed by atoms with Crippen molar-refractivity contribution in [2.75, 3.05) is 0 Å². The fourth-order valence-corrected chi connectivity index (χ4v) is 3.91. The van der Waals surface area contributed by atoms with E-state index < -0.39 is 0 Å². The molecule has 0 radical (unpaired) electrons. The van der Waals surface area contributed by atoms with Gasteiger partial charge in [-0.1, -0.05) is 46.9 Å². The van der Waals surface area contributed by atoms with Crippen LogP contribution in [0.5, 0.6) is 0 Å². The van der Waals surface area contributed by atoms with Gasteiger partial charge in [0.15, 0.2) is 5.69 Å². The molecule has 8 heteroatoms. The zero-order chi connectivity index (χ0) is 20.1. The van der Waals surface area contributed by atoms with E-state index in [2.05, 4.69) is 10.2 Å². The van der Waals surface area contributed by atoms with Crippen LogP contribution in [-0.2, 0) is 0 Å². The second kappa shape index (κ2) is 7.17. The summed E-state index contributed by atoms with van der Waals surface area (Å²) < 4.78 is 7.70. The zero-order valence-corrected chi connectivity index (χ0v) is 17.6. The largest absolute Gasteiger partial charge is 0.419 e. The average Bonchev–Trinajstić information content (AvgIpc) is 3.34. The monoisotopic (exact) mass is 444 g/mol. The first-order valence-corrected chi connectivity index (χ1v) is 10.3. The van der Waals surface area contributed by atoms with Crippen molar-refractivity contribution in [2.24, 2.45) is 0 Å². The molecule has 0 amide bonds. The summed E-state index contributed by atoms with van der Waals surface area (Å²) in [5.41, 5.74) is 4.05. The molecule has 0 atom stereocenters. The van der Waals surface area contributed by atoms with Crippen LogP contribution >= 0.6 is 34.8 Å². The summed E-state index contributed by atoms with van der Waals surface area (Å²) in [6, 6.07) is 12.9. The molecule has 0 N–H and O–H groups in total. The third kappa shape index (κ3) is 3.44. The molecule has 2 heterocycles. The minimum atomic E-state index is 0.375. The Labute approximate surface area is 182 Å². The maximum absolute atomic E-state index is 6.49. The van der Waals surface area contributed by atoms with Crippen molar-refractivity contribution in [1.29, 1.82) is 0 Å². The van der Waals surface area contributed by atoms with E-state index in [1.807, 2.05) is 37.3 Å². The van der Waals surface area contributed by atoms with E-state index in [9.17, 15) is 0 Å². The molecule has 5 nitrogen and oxygen atoms in total. The van der Waals surface area contributed by atoms with Crippen molar-refractivity contribution in [3.63, 3.8) is 0 Å². The third-order valence-corrected chi connectivity index (χ3v) is 5.74. The van der Waals surface area contributed by atoms with Gasteiger partial charge >= 0.3 is 0 Å². The second-order valence-electron chi connectivity index (χ2n) is 7.06. The highest BCUT2D eigenvalue weighted by molar-refractivity contribution is 6.35. The van der Waals surface area contributed by atoms with Crippen LogP contribution in [0.1, 0.15) is 30.2 Å². The van der Waals surface area contributed by atoms with Crippen molar-refractivity contribution in [1.82, 2.24) is 20.0 Å². The molecule has 1 aliphatic carbocycles. The quantitative estimate of drug-likeness (QED) is 0.349. The fourth-order valence-electron chi connectivity index (χ4n) is 3.30. The Morgan fingerprint density at radius 3 is 2.38 bits per heavy atom. The number of aromatic nitrogens is 4. The molecule has 0 saturated heterocycles. The number of nitrogens with zero attached hydrogens (tertiary/aromatic N) is 4. The van der Waals surface area contributed by atoms with Gasteiger partial charge in [-0.3, -0.25) is 0 Å². The number of rotatable bonds is 4. The van der Waals surface area contributed by atoms with Gasteiger partial charge in [-0.25, -0.2) is 4.68 Å². The van der Waals surface area contributed by atoms with Gasteiger partial charge in [0.2, 0.25) is 5.89 Å². The Morgan fingerprint density at radius 1 is 0.966 bits per heavy atom. The molecule has 2 aromatic carbocycles. The van der Waals surface area contributed by atoms with Gasteiger partial charge in [0, 0.05) is 27.1 Å². The van der Waals surface area contributed by atoms with Gasteiger partial charge in [0.25, 0.3) is 5.89 Å². The molecule has 146 valence electrons. The molecule has 2 aromatic heterocycles. The molecule has 4 aromatic rings. The number of hydrogen-bond donors (Lipinski definition) is 0. The van der Waals surface area contributed by atoms with Gasteiger partial charge in [-0.05, 0) is 50.1 Å². The lowest BCUT2D eigenvalue weighted by Gasteiger charge is -2.11. The lowest BCUT2D eigenvalue weighted by Crippen LogP contribution is -2.00. The number of hydrogen-bond acceptors (Lipinski definition) is 4. The maximum atomic E-state index is 6.49. The molecule has 0 unspecified atom stereocenters. The Morgan fingerprint density at radius 2 is 1.69 bits per heavy atom. The van der Waals surface area contributed by atoms with Crippen molar-refractivity contribution >= 4 is 34.8 Å². The van der Waals surface area contributed by atoms with Gasteiger partial charge < -0.3 is 4.42 Å². The van der Waals surface area contributed by atoms with Crippen molar-refractivity contribution in [3.8, 4) is 28.5 Å². The first-order chi connectivity index (χ1) is 14.0. The molecule has 1 saturated carbocycles. The van der Waals surface area contributed by atoms with Gasteiger partial charge in [-0.2, -0.15) is 5.10 Å². The summed E-state index contributed by atoms with van der Waals surface area (Å²) in [5, 5.41) is 14.9. The van der Waals surface area contributed by atoms with E-state index in [1.165, 1.54) is 0 Å². The molecule has 5 rings (SSSR count). The van der Waals surface area contributed by atoms with E-state index in [-0.39, 0.29) is 0 Å². The van der Waals surface area contributed by atoms with E-state index in [1.54, 1.807) is 16.8 Å². The summed E-state index contributed by atoms with van der Waals surface area (Å²) in [7, 11) is 0. The SMILES string of the molecule is Cc1c(-c2nnc(C3CC3)o2)nn(-c2ccc(Cl)cc2Cl)c1-c1ccc(Cl)cc1. The second-order valence-corrected chi connectivity index (χ2v) is 8.34. The van der Waals surface area contributed by atoms with Crippen molar-refractivity contribution < 1.29 is 4.42 Å². The van der Waals surface area contributed by atoms with Crippen LogP contribution in [0.25, 0.3) is 28.5 Å². The maximum Gasteiger partial charge on any atom is 0.268 e. The van der Waals surface area contributed by atoms with E-state index in [0.717, 1.165) is 29.7 Å². The number of halogens is 3. The molecular formula is C21H15Cl3N4O. The van der Waals surface area contributed by atoms with Crippen LogP contribution in [0, 0.1) is 6.92 Å². The standard InChI is InChI=1S/C21H15Cl3N4O/c1-11-18(21-26-25-20(29-21)13-2-3-13)27-28(17-9-8-15(23)10-16(17)24)19(11)12-4-6-14(22)7-5-12/h4-10,13H,2-3H2,1H3. The third-order valence-electron chi connectivity index (χ3n) is 4.95. The molecule has 0 spiro atoms. The highest BCUT2D eigenvalue weighted by Crippen LogP contribution is 2.41. The molecule has 0 bridgehead atoms. The smallest absolute Gasteiger partial charge is 0.268 e. The fraction of sp³-hybridized carbons (Fsp3) is 0.190. The molecular weight excluding hydrogens is 431 g/mol. The molecule has 0 aliphatic heterocycles. The summed E-state index contributed by atoms with van der Waals surface area (Å²) in [5.74, 6) is 1.45. The van der Waals surface area contributed by atoms with Crippen LogP contribution in [0.2, 0.25) is 15.1 Å². The van der Waals surface area contributed by atoms with Crippen LogP contribution in [0.3, 0.4) is 0 Å². The molecule has 1 aliphatic rings. The highest BCUT2D eigenvalue weighted by atomic mass is 35.5. The Hall–Kier alpha value is -2.34. The lowest BCUT2D eigenvalue weighted by molar-refractivity contribution is 0.506. The van der Waals surface area contributed by atoms with Gasteiger partial charge in [0.05, 0.1) is 16.4 Å². The summed E-state index contributed by atoms with van der Waals surface area (Å²) in [4.78, 5) is 0. The van der Waals surface area contributed by atoms with E-state index in [0.29, 0.717) is 44.1 Å². The van der Waals surface area contributed by atoms with Gasteiger partial charge in [-0.15, -0.1) is 10.2 Å². The van der Waals surface area contributed by atoms with Crippen LogP contribution in [-0.4, -0.2) is 20.0 Å².